The Morgan fingerprint density at radius 2 is 2.18 bits per heavy atom. The molecule has 0 spiro atoms. The van der Waals surface area contributed by atoms with Gasteiger partial charge in [-0.15, -0.1) is 0 Å². The molecule has 2 heterocycles. The maximum atomic E-state index is 2.64. The minimum atomic E-state index is 0.903. The zero-order chi connectivity index (χ0) is 7.84. The second-order valence-electron chi connectivity index (χ2n) is 4.70. The summed E-state index contributed by atoms with van der Waals surface area (Å²) in [5.41, 5.74) is 0. The molecule has 0 radical (unpaired) electrons. The predicted octanol–water partition coefficient (Wildman–Crippen LogP) is 1.98. The van der Waals surface area contributed by atoms with Crippen LogP contribution < -0.4 is 0 Å². The smallest absolute Gasteiger partial charge is 0.00134 e. The van der Waals surface area contributed by atoms with E-state index in [2.05, 4.69) is 18.7 Å². The molecule has 0 amide bonds. The first-order chi connectivity index (χ1) is 5.25. The quantitative estimate of drug-likeness (QED) is 0.586. The van der Waals surface area contributed by atoms with Crippen LogP contribution >= 0.6 is 0 Å². The Kier molecular flexibility index (Phi) is 1.92. The molecule has 2 bridgehead atoms. The highest BCUT2D eigenvalue weighted by atomic mass is 15.2. The second-order valence-corrected chi connectivity index (χ2v) is 4.70. The van der Waals surface area contributed by atoms with Crippen molar-refractivity contribution in [1.29, 1.82) is 0 Å². The molecule has 1 unspecified atom stereocenters. The highest BCUT2D eigenvalue weighted by Gasteiger charge is 2.37. The monoisotopic (exact) mass is 153 g/mol. The first kappa shape index (κ1) is 7.60. The summed E-state index contributed by atoms with van der Waals surface area (Å²) < 4.78 is 0. The molecule has 0 aromatic heterocycles. The van der Waals surface area contributed by atoms with E-state index < -0.39 is 0 Å². The van der Waals surface area contributed by atoms with Crippen molar-refractivity contribution in [3.63, 3.8) is 0 Å². The summed E-state index contributed by atoms with van der Waals surface area (Å²) in [6, 6.07) is 0. The summed E-state index contributed by atoms with van der Waals surface area (Å²) >= 11 is 0. The van der Waals surface area contributed by atoms with Crippen molar-refractivity contribution in [1.82, 2.24) is 4.90 Å². The van der Waals surface area contributed by atoms with Gasteiger partial charge in [0, 0.05) is 13.1 Å². The molecule has 11 heavy (non-hydrogen) atoms. The number of piperidine rings is 1. The number of nitrogens with zero attached hydrogens (tertiary/aromatic N) is 1. The van der Waals surface area contributed by atoms with Gasteiger partial charge >= 0.3 is 0 Å². The van der Waals surface area contributed by atoms with Crippen LogP contribution in [0.5, 0.6) is 0 Å². The molecule has 3 atom stereocenters. The zero-order valence-electron chi connectivity index (χ0n) is 7.71. The van der Waals surface area contributed by atoms with Gasteiger partial charge in [0.2, 0.25) is 0 Å². The van der Waals surface area contributed by atoms with Gasteiger partial charge in [-0.25, -0.2) is 0 Å². The van der Waals surface area contributed by atoms with E-state index in [9.17, 15) is 0 Å². The molecular formula is C10H19N. The lowest BCUT2D eigenvalue weighted by molar-refractivity contribution is 0.268. The average Bonchev–Trinajstić information content (AvgIpc) is 2.45. The SMILES string of the molecule is CC(C)C[C@@H]1CN2CC[C@@H]1C2. The Morgan fingerprint density at radius 1 is 1.36 bits per heavy atom. The van der Waals surface area contributed by atoms with Crippen molar-refractivity contribution >= 4 is 0 Å². The molecular weight excluding hydrogens is 134 g/mol. The van der Waals surface area contributed by atoms with E-state index in [1.807, 2.05) is 0 Å². The van der Waals surface area contributed by atoms with Gasteiger partial charge in [-0.1, -0.05) is 13.8 Å². The zero-order valence-corrected chi connectivity index (χ0v) is 7.71. The van der Waals surface area contributed by atoms with Crippen molar-refractivity contribution in [3.8, 4) is 0 Å². The van der Waals surface area contributed by atoms with Crippen LogP contribution in [0.2, 0.25) is 0 Å². The largest absolute Gasteiger partial charge is 0.303 e. The number of rotatable bonds is 2. The van der Waals surface area contributed by atoms with E-state index in [0.717, 1.165) is 17.8 Å². The third kappa shape index (κ3) is 1.44. The van der Waals surface area contributed by atoms with E-state index in [4.69, 9.17) is 0 Å². The van der Waals surface area contributed by atoms with Gasteiger partial charge in [0.05, 0.1) is 0 Å². The fourth-order valence-corrected chi connectivity index (χ4v) is 2.77. The maximum Gasteiger partial charge on any atom is 0.00134 e. The summed E-state index contributed by atoms with van der Waals surface area (Å²) in [4.78, 5) is 2.64. The Morgan fingerprint density at radius 3 is 2.64 bits per heavy atom. The lowest BCUT2D eigenvalue weighted by Crippen LogP contribution is -2.24. The van der Waals surface area contributed by atoms with Gasteiger partial charge < -0.3 is 4.90 Å². The minimum Gasteiger partial charge on any atom is -0.303 e. The van der Waals surface area contributed by atoms with Gasteiger partial charge in [-0.3, -0.25) is 0 Å². The standard InChI is InChI=1S/C10H19N/c1-8(2)5-10-7-11-4-3-9(10)6-11/h8-10H,3-7H2,1-2H3/t9-,10-/m1/s1. The van der Waals surface area contributed by atoms with Gasteiger partial charge in [0.1, 0.15) is 0 Å². The van der Waals surface area contributed by atoms with Crippen molar-refractivity contribution in [2.75, 3.05) is 19.6 Å². The van der Waals surface area contributed by atoms with E-state index in [-0.39, 0.29) is 0 Å². The lowest BCUT2D eigenvalue weighted by Gasteiger charge is -2.23. The molecule has 64 valence electrons. The third-order valence-electron chi connectivity index (χ3n) is 3.24. The summed E-state index contributed by atoms with van der Waals surface area (Å²) in [5.74, 6) is 3.02. The number of hydrogen-bond acceptors (Lipinski definition) is 1. The first-order valence-electron chi connectivity index (χ1n) is 4.98. The Labute approximate surface area is 69.8 Å². The summed E-state index contributed by atoms with van der Waals surface area (Å²) in [5, 5.41) is 0. The van der Waals surface area contributed by atoms with Crippen molar-refractivity contribution in [2.45, 2.75) is 26.7 Å². The van der Waals surface area contributed by atoms with Gasteiger partial charge in [0.15, 0.2) is 0 Å². The molecule has 2 fully saturated rings. The number of fused-ring (bicyclic) bond motifs is 2. The molecule has 0 aliphatic carbocycles. The molecule has 2 saturated heterocycles. The fraction of sp³-hybridized carbons (Fsp3) is 1.00. The highest BCUT2D eigenvalue weighted by Crippen LogP contribution is 2.36. The van der Waals surface area contributed by atoms with Crippen LogP contribution in [0.3, 0.4) is 0 Å². The van der Waals surface area contributed by atoms with E-state index >= 15 is 0 Å². The van der Waals surface area contributed by atoms with Gasteiger partial charge in [-0.05, 0) is 37.1 Å². The summed E-state index contributed by atoms with van der Waals surface area (Å²) in [7, 11) is 0. The topological polar surface area (TPSA) is 3.24 Å². The van der Waals surface area contributed by atoms with E-state index in [0.29, 0.717) is 0 Å². The van der Waals surface area contributed by atoms with Crippen LogP contribution in [0.1, 0.15) is 26.7 Å². The highest BCUT2D eigenvalue weighted by molar-refractivity contribution is 4.90. The fourth-order valence-electron chi connectivity index (χ4n) is 2.77. The van der Waals surface area contributed by atoms with Crippen LogP contribution in [0.25, 0.3) is 0 Å². The Hall–Kier alpha value is -0.0400. The third-order valence-corrected chi connectivity index (χ3v) is 3.24. The van der Waals surface area contributed by atoms with Crippen molar-refractivity contribution in [2.24, 2.45) is 17.8 Å². The minimum absolute atomic E-state index is 0.903. The molecule has 2 aliphatic heterocycles. The molecule has 2 aliphatic rings. The average molecular weight is 153 g/mol. The van der Waals surface area contributed by atoms with Crippen LogP contribution in [0, 0.1) is 17.8 Å². The normalized spacial score (nSPS) is 42.3. The Bertz CT molecular complexity index is 142. The molecule has 0 saturated carbocycles. The van der Waals surface area contributed by atoms with Gasteiger partial charge in [-0.2, -0.15) is 0 Å². The first-order valence-corrected chi connectivity index (χ1v) is 4.98. The van der Waals surface area contributed by atoms with Crippen LogP contribution in [-0.4, -0.2) is 24.5 Å². The van der Waals surface area contributed by atoms with E-state index in [1.165, 1.54) is 32.5 Å². The predicted molar refractivity (Wildman–Crippen MR) is 47.5 cm³/mol. The van der Waals surface area contributed by atoms with Crippen LogP contribution in [0.4, 0.5) is 0 Å². The maximum absolute atomic E-state index is 2.64. The second kappa shape index (κ2) is 2.78. The van der Waals surface area contributed by atoms with E-state index in [1.54, 1.807) is 0 Å². The molecule has 1 nitrogen and oxygen atoms in total. The summed E-state index contributed by atoms with van der Waals surface area (Å²) in [6.45, 7) is 8.90. The molecule has 1 heteroatoms. The lowest BCUT2D eigenvalue weighted by atomic mass is 9.86. The van der Waals surface area contributed by atoms with Gasteiger partial charge in [0.25, 0.3) is 0 Å². The molecule has 0 aromatic carbocycles. The van der Waals surface area contributed by atoms with Crippen molar-refractivity contribution < 1.29 is 0 Å². The molecule has 0 aromatic rings. The molecule has 2 rings (SSSR count). The van der Waals surface area contributed by atoms with Crippen molar-refractivity contribution in [3.05, 3.63) is 0 Å². The van der Waals surface area contributed by atoms with Crippen LogP contribution in [-0.2, 0) is 0 Å². The van der Waals surface area contributed by atoms with Crippen LogP contribution in [0.15, 0.2) is 0 Å². The molecule has 0 N–H and O–H groups in total. The number of hydrogen-bond donors (Lipinski definition) is 0. The summed E-state index contributed by atoms with van der Waals surface area (Å²) in [6.07, 6.45) is 2.94. The Balaban J connectivity index is 1.87.